The molecule has 2 fully saturated rings. The molecular weight excluding hydrogens is 442 g/mol. The van der Waals surface area contributed by atoms with E-state index in [1.165, 1.54) is 24.1 Å². The molecule has 170 valence electrons. The molecule has 0 aliphatic carbocycles. The third-order valence-electron chi connectivity index (χ3n) is 5.86. The van der Waals surface area contributed by atoms with Crippen LogP contribution in [0.1, 0.15) is 31.4 Å². The van der Waals surface area contributed by atoms with E-state index in [1.807, 2.05) is 0 Å². The fraction of sp³-hybridized carbons (Fsp3) is 0.429. The van der Waals surface area contributed by atoms with Crippen molar-refractivity contribution in [1.29, 1.82) is 0 Å². The number of halogens is 3. The first-order valence-electron chi connectivity index (χ1n) is 10.4. The highest BCUT2D eigenvalue weighted by atomic mass is 35.5. The standard InChI is InChI=1S/C21H23ClF2N6O2/c1-25-18-16(24)17(27-11-28-18)21(29-14-9-12(22)8-13(23)10-14)5-3-7-30(20(21)32)15-4-2-6-26-19(15)31/h8-11,15,29H,2-7H2,1H3,(H,26,31)(H,25,27,28)/t15-,21?/m1/s1. The molecule has 2 amide bonds. The summed E-state index contributed by atoms with van der Waals surface area (Å²) < 4.78 is 29.4. The van der Waals surface area contributed by atoms with E-state index in [2.05, 4.69) is 25.9 Å². The molecule has 32 heavy (non-hydrogen) atoms. The molecule has 2 aliphatic heterocycles. The summed E-state index contributed by atoms with van der Waals surface area (Å²) in [5, 5.41) is 8.56. The number of hydrogen-bond acceptors (Lipinski definition) is 6. The zero-order valence-corrected chi connectivity index (χ0v) is 18.2. The summed E-state index contributed by atoms with van der Waals surface area (Å²) >= 11 is 6.01. The van der Waals surface area contributed by atoms with Crippen molar-refractivity contribution in [2.75, 3.05) is 30.8 Å². The SMILES string of the molecule is CNc1ncnc(C2(Nc3cc(F)cc(Cl)c3)CCCN([C@@H]3CCCNC3=O)C2=O)c1F. The molecule has 2 saturated heterocycles. The van der Waals surface area contributed by atoms with Crippen LogP contribution in [0.3, 0.4) is 0 Å². The van der Waals surface area contributed by atoms with Crippen LogP contribution in [0.5, 0.6) is 0 Å². The number of nitrogens with zero attached hydrogens (tertiary/aromatic N) is 3. The molecule has 1 unspecified atom stereocenters. The maximum absolute atomic E-state index is 15.4. The van der Waals surface area contributed by atoms with Crippen molar-refractivity contribution in [2.24, 2.45) is 0 Å². The van der Waals surface area contributed by atoms with E-state index in [-0.39, 0.29) is 34.5 Å². The molecule has 0 saturated carbocycles. The third kappa shape index (κ3) is 3.94. The fourth-order valence-electron chi connectivity index (χ4n) is 4.43. The van der Waals surface area contributed by atoms with Gasteiger partial charge < -0.3 is 20.9 Å². The molecular formula is C21H23ClF2N6O2. The minimum absolute atomic E-state index is 0.0752. The molecule has 0 spiro atoms. The van der Waals surface area contributed by atoms with Crippen molar-refractivity contribution >= 4 is 34.9 Å². The Morgan fingerprint density at radius 3 is 2.75 bits per heavy atom. The lowest BCUT2D eigenvalue weighted by Gasteiger charge is -2.45. The van der Waals surface area contributed by atoms with Crippen molar-refractivity contribution in [2.45, 2.75) is 37.3 Å². The largest absolute Gasteiger partial charge is 0.371 e. The summed E-state index contributed by atoms with van der Waals surface area (Å²) in [5.74, 6) is -2.23. The summed E-state index contributed by atoms with van der Waals surface area (Å²) in [4.78, 5) is 35.9. The first-order valence-corrected chi connectivity index (χ1v) is 10.8. The van der Waals surface area contributed by atoms with Gasteiger partial charge in [-0.1, -0.05) is 11.6 Å². The van der Waals surface area contributed by atoms with Gasteiger partial charge in [0.15, 0.2) is 17.2 Å². The minimum Gasteiger partial charge on any atom is -0.371 e. The number of anilines is 2. The number of likely N-dealkylation sites (tertiary alicyclic amines) is 1. The molecule has 4 rings (SSSR count). The molecule has 2 aromatic rings. The molecule has 0 radical (unpaired) electrons. The highest BCUT2D eigenvalue weighted by Gasteiger charge is 2.51. The summed E-state index contributed by atoms with van der Waals surface area (Å²) in [6, 6.07) is 3.09. The van der Waals surface area contributed by atoms with Crippen LogP contribution in [-0.2, 0) is 15.1 Å². The molecule has 8 nitrogen and oxygen atoms in total. The monoisotopic (exact) mass is 464 g/mol. The number of carbonyl (C=O) groups is 2. The quantitative estimate of drug-likeness (QED) is 0.629. The predicted molar refractivity (Wildman–Crippen MR) is 115 cm³/mol. The number of benzene rings is 1. The Balaban J connectivity index is 1.83. The van der Waals surface area contributed by atoms with Crippen LogP contribution in [0.2, 0.25) is 5.02 Å². The van der Waals surface area contributed by atoms with Gasteiger partial charge in [-0.3, -0.25) is 9.59 Å². The molecule has 1 aromatic heterocycles. The minimum atomic E-state index is -1.67. The van der Waals surface area contributed by atoms with Gasteiger partial charge in [0.05, 0.1) is 0 Å². The maximum Gasteiger partial charge on any atom is 0.255 e. The van der Waals surface area contributed by atoms with Crippen LogP contribution < -0.4 is 16.0 Å². The van der Waals surface area contributed by atoms with E-state index < -0.39 is 29.1 Å². The van der Waals surface area contributed by atoms with E-state index in [4.69, 9.17) is 11.6 Å². The number of carbonyl (C=O) groups excluding carboxylic acids is 2. The van der Waals surface area contributed by atoms with Crippen LogP contribution in [0.4, 0.5) is 20.3 Å². The lowest BCUT2D eigenvalue weighted by Crippen LogP contribution is -2.62. The zero-order valence-electron chi connectivity index (χ0n) is 17.4. The number of rotatable bonds is 5. The van der Waals surface area contributed by atoms with Gasteiger partial charge in [0.1, 0.15) is 23.9 Å². The van der Waals surface area contributed by atoms with Gasteiger partial charge in [-0.15, -0.1) is 0 Å². The van der Waals surface area contributed by atoms with E-state index in [9.17, 15) is 14.0 Å². The number of aromatic nitrogens is 2. The van der Waals surface area contributed by atoms with E-state index >= 15 is 4.39 Å². The smallest absolute Gasteiger partial charge is 0.255 e. The summed E-state index contributed by atoms with van der Waals surface area (Å²) in [6.45, 7) is 0.893. The highest BCUT2D eigenvalue weighted by Crippen LogP contribution is 2.39. The van der Waals surface area contributed by atoms with Crippen molar-refractivity contribution < 1.29 is 18.4 Å². The summed E-state index contributed by atoms with van der Waals surface area (Å²) in [7, 11) is 1.50. The Morgan fingerprint density at radius 1 is 1.22 bits per heavy atom. The maximum atomic E-state index is 15.4. The summed E-state index contributed by atoms with van der Waals surface area (Å²) in [5.41, 5.74) is -1.66. The number of hydrogen-bond donors (Lipinski definition) is 3. The number of nitrogens with one attached hydrogen (secondary N) is 3. The van der Waals surface area contributed by atoms with Crippen molar-refractivity contribution in [1.82, 2.24) is 20.2 Å². The molecule has 3 N–H and O–H groups in total. The molecule has 1 aromatic carbocycles. The van der Waals surface area contributed by atoms with Crippen LogP contribution >= 0.6 is 11.6 Å². The Labute approximate surface area is 188 Å². The second kappa shape index (κ2) is 8.85. The van der Waals surface area contributed by atoms with Crippen molar-refractivity contribution in [3.05, 3.63) is 46.9 Å². The van der Waals surface area contributed by atoms with Gasteiger partial charge in [0.2, 0.25) is 5.91 Å². The second-order valence-corrected chi connectivity index (χ2v) is 8.31. The molecule has 2 aliphatic rings. The van der Waals surface area contributed by atoms with Gasteiger partial charge >= 0.3 is 0 Å². The van der Waals surface area contributed by atoms with Crippen molar-refractivity contribution in [3.8, 4) is 0 Å². The first-order chi connectivity index (χ1) is 15.4. The van der Waals surface area contributed by atoms with Gasteiger partial charge in [-0.05, 0) is 43.9 Å². The predicted octanol–water partition coefficient (Wildman–Crippen LogP) is 2.66. The first kappa shape index (κ1) is 22.2. The number of amides is 2. The van der Waals surface area contributed by atoms with Crippen molar-refractivity contribution in [3.63, 3.8) is 0 Å². The fourth-order valence-corrected chi connectivity index (χ4v) is 4.65. The molecule has 2 atom stereocenters. The lowest BCUT2D eigenvalue weighted by atomic mass is 9.82. The van der Waals surface area contributed by atoms with Gasteiger partial charge in [-0.25, -0.2) is 18.7 Å². The zero-order chi connectivity index (χ0) is 22.9. The normalized spacial score (nSPS) is 23.6. The summed E-state index contributed by atoms with van der Waals surface area (Å²) in [6.07, 6.45) is 3.05. The Morgan fingerprint density at radius 2 is 2.03 bits per heavy atom. The van der Waals surface area contributed by atoms with Crippen LogP contribution in [0, 0.1) is 11.6 Å². The van der Waals surface area contributed by atoms with Crippen LogP contribution in [-0.4, -0.2) is 52.9 Å². The Bertz CT molecular complexity index is 1030. The molecule has 0 bridgehead atoms. The second-order valence-electron chi connectivity index (χ2n) is 7.87. The van der Waals surface area contributed by atoms with E-state index in [0.717, 1.165) is 18.8 Å². The van der Waals surface area contributed by atoms with Gasteiger partial charge in [0, 0.05) is 30.8 Å². The Kier molecular flexibility index (Phi) is 6.14. The molecule has 3 heterocycles. The third-order valence-corrected chi connectivity index (χ3v) is 6.08. The number of piperidine rings is 2. The lowest BCUT2D eigenvalue weighted by molar-refractivity contribution is -0.148. The van der Waals surface area contributed by atoms with E-state index in [1.54, 1.807) is 0 Å². The van der Waals surface area contributed by atoms with E-state index in [0.29, 0.717) is 25.9 Å². The van der Waals surface area contributed by atoms with Gasteiger partial charge in [-0.2, -0.15) is 0 Å². The average molecular weight is 465 g/mol. The molecule has 11 heteroatoms. The topological polar surface area (TPSA) is 99.2 Å². The van der Waals surface area contributed by atoms with Crippen LogP contribution in [0.25, 0.3) is 0 Å². The van der Waals surface area contributed by atoms with Crippen LogP contribution in [0.15, 0.2) is 24.5 Å². The Hall–Kier alpha value is -3.01. The average Bonchev–Trinajstić information content (AvgIpc) is 2.75. The highest BCUT2D eigenvalue weighted by molar-refractivity contribution is 6.30. The van der Waals surface area contributed by atoms with Gasteiger partial charge in [0.25, 0.3) is 5.91 Å².